The van der Waals surface area contributed by atoms with Crippen molar-refractivity contribution in [3.05, 3.63) is 52.3 Å². The maximum Gasteiger partial charge on any atom is 0.255 e. The molecule has 1 aromatic heterocycles. The summed E-state index contributed by atoms with van der Waals surface area (Å²) >= 11 is 0. The molecule has 5 nitrogen and oxygen atoms in total. The third-order valence-corrected chi connectivity index (χ3v) is 3.40. The van der Waals surface area contributed by atoms with E-state index in [2.05, 4.69) is 26.5 Å². The predicted octanol–water partition coefficient (Wildman–Crippen LogP) is 2.02. The molecule has 0 bridgehead atoms. The molecule has 0 aliphatic rings. The van der Waals surface area contributed by atoms with Gasteiger partial charge in [0.1, 0.15) is 0 Å². The maximum absolute atomic E-state index is 12.3. The van der Waals surface area contributed by atoms with Crippen molar-refractivity contribution in [2.45, 2.75) is 26.9 Å². The zero-order chi connectivity index (χ0) is 15.4. The zero-order valence-electron chi connectivity index (χ0n) is 13.0. The van der Waals surface area contributed by atoms with E-state index in [4.69, 9.17) is 0 Å². The fourth-order valence-corrected chi connectivity index (χ4v) is 2.37. The van der Waals surface area contributed by atoms with E-state index in [0.29, 0.717) is 12.1 Å². The van der Waals surface area contributed by atoms with E-state index in [-0.39, 0.29) is 5.91 Å². The Bertz CT molecular complexity index is 611. The summed E-state index contributed by atoms with van der Waals surface area (Å²) in [6.07, 6.45) is 0. The highest BCUT2D eigenvalue weighted by molar-refractivity contribution is 5.96. The zero-order valence-corrected chi connectivity index (χ0v) is 13.0. The second-order valence-corrected chi connectivity index (χ2v) is 5.50. The fraction of sp³-hybridized carbons (Fsp3) is 0.375. The maximum atomic E-state index is 12.3. The highest BCUT2D eigenvalue weighted by atomic mass is 16.1. The summed E-state index contributed by atoms with van der Waals surface area (Å²) in [5.74, 6) is -0.0848. The van der Waals surface area contributed by atoms with Crippen LogP contribution in [0.15, 0.2) is 24.3 Å². The van der Waals surface area contributed by atoms with Crippen LogP contribution in [0.5, 0.6) is 0 Å². The molecule has 0 saturated carbocycles. The van der Waals surface area contributed by atoms with Gasteiger partial charge in [-0.05, 0) is 39.1 Å². The van der Waals surface area contributed by atoms with Gasteiger partial charge in [0.15, 0.2) is 0 Å². The molecule has 0 aliphatic carbocycles. The van der Waals surface area contributed by atoms with Gasteiger partial charge in [-0.25, -0.2) is 0 Å². The first-order valence-corrected chi connectivity index (χ1v) is 7.00. The summed E-state index contributed by atoms with van der Waals surface area (Å²) in [6, 6.07) is 8.16. The van der Waals surface area contributed by atoms with Gasteiger partial charge in [0.25, 0.3) is 5.91 Å². The molecule has 1 aromatic carbocycles. The van der Waals surface area contributed by atoms with E-state index >= 15 is 0 Å². The summed E-state index contributed by atoms with van der Waals surface area (Å²) < 4.78 is 0. The molecule has 0 saturated heterocycles. The molecule has 1 heterocycles. The number of H-pyrrole nitrogens is 1. The van der Waals surface area contributed by atoms with E-state index in [9.17, 15) is 4.79 Å². The summed E-state index contributed by atoms with van der Waals surface area (Å²) in [6.45, 7) is 5.07. The quantitative estimate of drug-likeness (QED) is 0.884. The molecule has 2 rings (SSSR count). The van der Waals surface area contributed by atoms with Crippen molar-refractivity contribution in [3.8, 4) is 0 Å². The Morgan fingerprint density at radius 1 is 1.24 bits per heavy atom. The van der Waals surface area contributed by atoms with Crippen LogP contribution in [0, 0.1) is 13.8 Å². The number of hydrogen-bond acceptors (Lipinski definition) is 3. The number of rotatable bonds is 5. The normalized spacial score (nSPS) is 10.9. The van der Waals surface area contributed by atoms with Crippen LogP contribution in [-0.2, 0) is 13.1 Å². The first kappa shape index (κ1) is 15.3. The lowest BCUT2D eigenvalue weighted by atomic mass is 10.1. The smallest absolute Gasteiger partial charge is 0.255 e. The molecule has 21 heavy (non-hydrogen) atoms. The predicted molar refractivity (Wildman–Crippen MR) is 83.1 cm³/mol. The van der Waals surface area contributed by atoms with E-state index < -0.39 is 0 Å². The Morgan fingerprint density at radius 3 is 2.48 bits per heavy atom. The average Bonchev–Trinajstić information content (AvgIpc) is 2.76. The van der Waals surface area contributed by atoms with Crippen molar-refractivity contribution in [3.63, 3.8) is 0 Å². The number of aromatic nitrogens is 2. The fourth-order valence-electron chi connectivity index (χ4n) is 2.37. The van der Waals surface area contributed by atoms with Gasteiger partial charge in [0.2, 0.25) is 0 Å². The van der Waals surface area contributed by atoms with Crippen LogP contribution in [0.3, 0.4) is 0 Å². The average molecular weight is 286 g/mol. The van der Waals surface area contributed by atoms with Gasteiger partial charge in [-0.1, -0.05) is 24.3 Å². The van der Waals surface area contributed by atoms with Crippen LogP contribution in [-0.4, -0.2) is 35.1 Å². The van der Waals surface area contributed by atoms with E-state index in [1.54, 1.807) is 0 Å². The van der Waals surface area contributed by atoms with Gasteiger partial charge in [0, 0.05) is 18.8 Å². The Morgan fingerprint density at radius 2 is 1.90 bits per heavy atom. The topological polar surface area (TPSA) is 61.0 Å². The lowest BCUT2D eigenvalue weighted by Gasteiger charge is -2.14. The Labute approximate surface area is 125 Å². The summed E-state index contributed by atoms with van der Waals surface area (Å²) in [4.78, 5) is 14.4. The van der Waals surface area contributed by atoms with Crippen LogP contribution in [0.1, 0.15) is 32.9 Å². The number of hydrogen-bond donors (Lipinski definition) is 2. The molecular weight excluding hydrogens is 264 g/mol. The third-order valence-electron chi connectivity index (χ3n) is 3.40. The van der Waals surface area contributed by atoms with Gasteiger partial charge in [-0.15, -0.1) is 0 Å². The SMILES string of the molecule is Cc1n[nH]c(C)c1C(=O)NCc1ccccc1CN(C)C. The van der Waals surface area contributed by atoms with Crippen LogP contribution >= 0.6 is 0 Å². The highest BCUT2D eigenvalue weighted by Crippen LogP contribution is 2.12. The lowest BCUT2D eigenvalue weighted by molar-refractivity contribution is 0.0949. The van der Waals surface area contributed by atoms with Crippen molar-refractivity contribution in [1.82, 2.24) is 20.4 Å². The third kappa shape index (κ3) is 3.70. The Kier molecular flexibility index (Phi) is 4.75. The van der Waals surface area contributed by atoms with Gasteiger partial charge in [-0.2, -0.15) is 5.10 Å². The molecule has 1 amide bonds. The van der Waals surface area contributed by atoms with Gasteiger partial charge < -0.3 is 10.2 Å². The van der Waals surface area contributed by atoms with Crippen LogP contribution in [0.25, 0.3) is 0 Å². The largest absolute Gasteiger partial charge is 0.348 e. The number of benzene rings is 1. The van der Waals surface area contributed by atoms with Crippen molar-refractivity contribution in [2.75, 3.05) is 14.1 Å². The van der Waals surface area contributed by atoms with Crippen LogP contribution in [0.2, 0.25) is 0 Å². The summed E-state index contributed by atoms with van der Waals surface area (Å²) in [7, 11) is 4.07. The molecule has 2 aromatic rings. The first-order valence-electron chi connectivity index (χ1n) is 7.00. The highest BCUT2D eigenvalue weighted by Gasteiger charge is 2.15. The Balaban J connectivity index is 2.08. The second-order valence-electron chi connectivity index (χ2n) is 5.50. The standard InChI is InChI=1S/C16H22N4O/c1-11-15(12(2)19-18-11)16(21)17-9-13-7-5-6-8-14(13)10-20(3)4/h5-8H,9-10H2,1-4H3,(H,17,21)(H,18,19). The second kappa shape index (κ2) is 6.54. The number of aromatic amines is 1. The van der Waals surface area contributed by atoms with Crippen molar-refractivity contribution in [2.24, 2.45) is 0 Å². The van der Waals surface area contributed by atoms with Gasteiger partial charge >= 0.3 is 0 Å². The minimum absolute atomic E-state index is 0.0848. The van der Waals surface area contributed by atoms with E-state index in [1.165, 1.54) is 5.56 Å². The van der Waals surface area contributed by atoms with Gasteiger partial charge in [-0.3, -0.25) is 9.89 Å². The van der Waals surface area contributed by atoms with Gasteiger partial charge in [0.05, 0.1) is 11.3 Å². The van der Waals surface area contributed by atoms with Crippen LogP contribution < -0.4 is 5.32 Å². The summed E-state index contributed by atoms with van der Waals surface area (Å²) in [5.41, 5.74) is 4.53. The number of amides is 1. The lowest BCUT2D eigenvalue weighted by Crippen LogP contribution is -2.25. The van der Waals surface area contributed by atoms with Crippen molar-refractivity contribution >= 4 is 5.91 Å². The molecule has 0 spiro atoms. The van der Waals surface area contributed by atoms with Crippen molar-refractivity contribution < 1.29 is 4.79 Å². The van der Waals surface area contributed by atoms with E-state index in [1.807, 2.05) is 46.1 Å². The molecule has 0 fully saturated rings. The number of carbonyl (C=O) groups is 1. The summed E-state index contributed by atoms with van der Waals surface area (Å²) in [5, 5.41) is 9.87. The molecule has 2 N–H and O–H groups in total. The van der Waals surface area contributed by atoms with Crippen molar-refractivity contribution in [1.29, 1.82) is 0 Å². The number of nitrogens with zero attached hydrogens (tertiary/aromatic N) is 2. The monoisotopic (exact) mass is 286 g/mol. The molecule has 0 radical (unpaired) electrons. The molecule has 5 heteroatoms. The number of carbonyl (C=O) groups excluding carboxylic acids is 1. The molecule has 112 valence electrons. The van der Waals surface area contributed by atoms with E-state index in [0.717, 1.165) is 23.5 Å². The number of nitrogens with one attached hydrogen (secondary N) is 2. The molecular formula is C16H22N4O. The minimum atomic E-state index is -0.0848. The number of aryl methyl sites for hydroxylation is 2. The first-order chi connectivity index (χ1) is 9.99. The molecule has 0 atom stereocenters. The Hall–Kier alpha value is -2.14. The molecule has 0 aliphatic heterocycles. The minimum Gasteiger partial charge on any atom is -0.348 e. The van der Waals surface area contributed by atoms with Crippen LogP contribution in [0.4, 0.5) is 0 Å². The molecule has 0 unspecified atom stereocenters.